The zero-order valence-electron chi connectivity index (χ0n) is 10.0. The molecule has 0 aromatic rings. The van der Waals surface area contributed by atoms with Gasteiger partial charge in [-0.25, -0.2) is 0 Å². The minimum atomic E-state index is -0.749. The van der Waals surface area contributed by atoms with Crippen LogP contribution in [-0.2, 0) is 9.59 Å². The molecule has 0 radical (unpaired) electrons. The van der Waals surface area contributed by atoms with Crippen LogP contribution < -0.4 is 5.32 Å². The predicted molar refractivity (Wildman–Crippen MR) is 64.6 cm³/mol. The summed E-state index contributed by atoms with van der Waals surface area (Å²) in [7, 11) is 0. The lowest BCUT2D eigenvalue weighted by atomic mass is 9.97. The van der Waals surface area contributed by atoms with E-state index >= 15 is 0 Å². The molecule has 17 heavy (non-hydrogen) atoms. The predicted octanol–water partition coefficient (Wildman–Crippen LogP) is 0.475. The largest absolute Gasteiger partial charge is 0.481 e. The molecule has 5 heteroatoms. The first-order chi connectivity index (χ1) is 8.15. The maximum absolute atomic E-state index is 11.7. The lowest BCUT2D eigenvalue weighted by Gasteiger charge is -2.30. The molecule has 0 atom stereocenters. The van der Waals surface area contributed by atoms with Crippen molar-refractivity contribution in [3.63, 3.8) is 0 Å². The first-order valence-corrected chi connectivity index (χ1v) is 5.97. The van der Waals surface area contributed by atoms with Gasteiger partial charge in [0.25, 0.3) is 0 Å². The Morgan fingerprint density at radius 2 is 2.06 bits per heavy atom. The molecular formula is C12H20N2O3. The zero-order valence-corrected chi connectivity index (χ0v) is 10.0. The van der Waals surface area contributed by atoms with Gasteiger partial charge in [0, 0.05) is 13.1 Å². The summed E-state index contributed by atoms with van der Waals surface area (Å²) >= 11 is 0. The number of amides is 1. The molecule has 96 valence electrons. The van der Waals surface area contributed by atoms with E-state index in [1.54, 1.807) is 11.0 Å². The number of hydrogen-bond donors (Lipinski definition) is 2. The lowest BCUT2D eigenvalue weighted by molar-refractivity contribution is -0.145. The number of nitrogens with zero attached hydrogens (tertiary/aromatic N) is 1. The molecule has 1 rings (SSSR count). The van der Waals surface area contributed by atoms with Crippen LogP contribution in [0.25, 0.3) is 0 Å². The molecule has 0 saturated carbocycles. The van der Waals surface area contributed by atoms with Crippen LogP contribution in [0.1, 0.15) is 19.3 Å². The topological polar surface area (TPSA) is 69.6 Å². The van der Waals surface area contributed by atoms with Gasteiger partial charge < -0.3 is 15.3 Å². The molecule has 0 spiro atoms. The van der Waals surface area contributed by atoms with Gasteiger partial charge in [-0.2, -0.15) is 0 Å². The minimum absolute atomic E-state index is 0.0536. The highest BCUT2D eigenvalue weighted by molar-refractivity contribution is 5.78. The van der Waals surface area contributed by atoms with E-state index < -0.39 is 5.97 Å². The van der Waals surface area contributed by atoms with Gasteiger partial charge in [-0.05, 0) is 25.8 Å². The van der Waals surface area contributed by atoms with Crippen molar-refractivity contribution in [2.45, 2.75) is 19.3 Å². The third-order valence-electron chi connectivity index (χ3n) is 3.00. The van der Waals surface area contributed by atoms with Gasteiger partial charge in [-0.1, -0.05) is 6.08 Å². The summed E-state index contributed by atoms with van der Waals surface area (Å²) in [6.45, 7) is 5.79. The van der Waals surface area contributed by atoms with Crippen molar-refractivity contribution >= 4 is 11.9 Å². The Balaban J connectivity index is 2.21. The van der Waals surface area contributed by atoms with E-state index in [-0.39, 0.29) is 11.8 Å². The van der Waals surface area contributed by atoms with Gasteiger partial charge in [0.1, 0.15) is 0 Å². The van der Waals surface area contributed by atoms with E-state index in [9.17, 15) is 9.59 Å². The van der Waals surface area contributed by atoms with E-state index in [1.807, 2.05) is 0 Å². The first-order valence-electron chi connectivity index (χ1n) is 5.97. The fourth-order valence-electron chi connectivity index (χ4n) is 1.89. The van der Waals surface area contributed by atoms with Crippen LogP contribution in [0.3, 0.4) is 0 Å². The highest BCUT2D eigenvalue weighted by atomic mass is 16.4. The van der Waals surface area contributed by atoms with Gasteiger partial charge in [0.15, 0.2) is 0 Å². The number of carbonyl (C=O) groups excluding carboxylic acids is 1. The number of carbonyl (C=O) groups is 2. The summed E-state index contributed by atoms with van der Waals surface area (Å²) in [5.74, 6) is -0.980. The third-order valence-corrected chi connectivity index (χ3v) is 3.00. The van der Waals surface area contributed by atoms with Crippen molar-refractivity contribution in [2.75, 3.05) is 26.2 Å². The van der Waals surface area contributed by atoms with E-state index in [4.69, 9.17) is 5.11 Å². The number of piperidine rings is 1. The van der Waals surface area contributed by atoms with Crippen molar-refractivity contribution < 1.29 is 14.7 Å². The van der Waals surface area contributed by atoms with Crippen molar-refractivity contribution in [1.29, 1.82) is 0 Å². The second kappa shape index (κ2) is 7.06. The number of rotatable bonds is 6. The quantitative estimate of drug-likeness (QED) is 0.523. The Morgan fingerprint density at radius 1 is 1.41 bits per heavy atom. The van der Waals surface area contributed by atoms with Crippen molar-refractivity contribution in [1.82, 2.24) is 10.2 Å². The lowest BCUT2D eigenvalue weighted by Crippen LogP contribution is -2.44. The Kier molecular flexibility index (Phi) is 5.69. The summed E-state index contributed by atoms with van der Waals surface area (Å²) in [6.07, 6.45) is 3.77. The normalized spacial score (nSPS) is 16.8. The fourth-order valence-corrected chi connectivity index (χ4v) is 1.89. The molecule has 0 aromatic carbocycles. The second-order valence-electron chi connectivity index (χ2n) is 4.25. The number of carboxylic acid groups (broad SMARTS) is 1. The summed E-state index contributed by atoms with van der Waals surface area (Å²) in [5.41, 5.74) is 0. The standard InChI is InChI=1S/C12H20N2O3/c1-2-3-6-13-9-11(15)14-7-4-10(5-8-14)12(16)17/h2,10,13H,1,3-9H2,(H,16,17). The zero-order chi connectivity index (χ0) is 12.7. The maximum Gasteiger partial charge on any atom is 0.306 e. The molecule has 1 amide bonds. The smallest absolute Gasteiger partial charge is 0.306 e. The van der Waals surface area contributed by atoms with Gasteiger partial charge in [0.05, 0.1) is 12.5 Å². The van der Waals surface area contributed by atoms with E-state index in [2.05, 4.69) is 11.9 Å². The summed E-state index contributed by atoms with van der Waals surface area (Å²) in [6, 6.07) is 0. The van der Waals surface area contributed by atoms with Crippen molar-refractivity contribution in [3.05, 3.63) is 12.7 Å². The number of hydrogen-bond acceptors (Lipinski definition) is 3. The second-order valence-corrected chi connectivity index (χ2v) is 4.25. The van der Waals surface area contributed by atoms with E-state index in [0.717, 1.165) is 13.0 Å². The monoisotopic (exact) mass is 240 g/mol. The van der Waals surface area contributed by atoms with Crippen LogP contribution in [0.15, 0.2) is 12.7 Å². The molecule has 1 saturated heterocycles. The van der Waals surface area contributed by atoms with Gasteiger partial charge >= 0.3 is 5.97 Å². The van der Waals surface area contributed by atoms with Crippen LogP contribution in [0.5, 0.6) is 0 Å². The number of carboxylic acids is 1. The molecule has 1 heterocycles. The van der Waals surface area contributed by atoms with Crippen molar-refractivity contribution in [3.8, 4) is 0 Å². The van der Waals surface area contributed by atoms with Gasteiger partial charge in [-0.15, -0.1) is 6.58 Å². The number of aliphatic carboxylic acids is 1. The highest BCUT2D eigenvalue weighted by Gasteiger charge is 2.26. The summed E-state index contributed by atoms with van der Waals surface area (Å²) < 4.78 is 0. The number of likely N-dealkylation sites (tertiary alicyclic amines) is 1. The molecule has 5 nitrogen and oxygen atoms in total. The fraction of sp³-hybridized carbons (Fsp3) is 0.667. The molecule has 0 aliphatic carbocycles. The Bertz CT molecular complexity index is 283. The average Bonchev–Trinajstić information content (AvgIpc) is 2.34. The molecule has 0 bridgehead atoms. The summed E-state index contributed by atoms with van der Waals surface area (Å²) in [5, 5.41) is 11.9. The van der Waals surface area contributed by atoms with Gasteiger partial charge in [0.2, 0.25) is 5.91 Å². The molecule has 2 N–H and O–H groups in total. The van der Waals surface area contributed by atoms with E-state index in [0.29, 0.717) is 32.5 Å². The van der Waals surface area contributed by atoms with Crippen LogP contribution in [0.2, 0.25) is 0 Å². The third kappa shape index (κ3) is 4.56. The van der Waals surface area contributed by atoms with Crippen LogP contribution in [0, 0.1) is 5.92 Å². The maximum atomic E-state index is 11.7. The summed E-state index contributed by atoms with van der Waals surface area (Å²) in [4.78, 5) is 24.2. The molecule has 1 aliphatic rings. The number of nitrogens with one attached hydrogen (secondary N) is 1. The molecule has 1 aliphatic heterocycles. The molecule has 0 aromatic heterocycles. The van der Waals surface area contributed by atoms with Crippen LogP contribution in [-0.4, -0.2) is 48.1 Å². The highest BCUT2D eigenvalue weighted by Crippen LogP contribution is 2.16. The molecule has 1 fully saturated rings. The van der Waals surface area contributed by atoms with Crippen LogP contribution >= 0.6 is 0 Å². The Morgan fingerprint density at radius 3 is 2.59 bits per heavy atom. The Labute approximate surface area is 101 Å². The Hall–Kier alpha value is -1.36. The molecular weight excluding hydrogens is 220 g/mol. The first kappa shape index (κ1) is 13.7. The van der Waals surface area contributed by atoms with Crippen molar-refractivity contribution in [2.24, 2.45) is 5.92 Å². The van der Waals surface area contributed by atoms with Gasteiger partial charge in [-0.3, -0.25) is 9.59 Å². The minimum Gasteiger partial charge on any atom is -0.481 e. The van der Waals surface area contributed by atoms with Crippen LogP contribution in [0.4, 0.5) is 0 Å². The average molecular weight is 240 g/mol. The molecule has 0 unspecified atom stereocenters. The SMILES string of the molecule is C=CCCNCC(=O)N1CCC(C(=O)O)CC1. The van der Waals surface area contributed by atoms with E-state index in [1.165, 1.54) is 0 Å².